The third kappa shape index (κ3) is 10.4. The molecule has 0 fully saturated rings. The summed E-state index contributed by atoms with van der Waals surface area (Å²) in [7, 11) is 0. The molecule has 0 aromatic heterocycles. The Hall–Kier alpha value is -0.780. The van der Waals surface area contributed by atoms with E-state index in [4.69, 9.17) is 0 Å². The molecule has 0 aromatic rings. The molecule has 0 bridgehead atoms. The summed E-state index contributed by atoms with van der Waals surface area (Å²) >= 11 is 0. The number of carbonyl (C=O) groups excluding carboxylic acids is 1. The van der Waals surface area contributed by atoms with Gasteiger partial charge in [-0.3, -0.25) is 4.79 Å². The van der Waals surface area contributed by atoms with Crippen LogP contribution in [0.3, 0.4) is 0 Å². The molecule has 6 heteroatoms. The first-order valence-electron chi connectivity index (χ1n) is 6.30. The molecule has 18 heavy (non-hydrogen) atoms. The van der Waals surface area contributed by atoms with Gasteiger partial charge in [0.25, 0.3) is 0 Å². The van der Waals surface area contributed by atoms with Crippen molar-refractivity contribution < 1.29 is 18.0 Å². The molecule has 0 aliphatic carbocycles. The standard InChI is InChI=1S/C12H23F3N2O/c1-9(2)6-4-5-7-16-10(3)11(18)17-8-12(13,14)15/h9-10,16H,4-8H2,1-3H3,(H,17,18). The van der Waals surface area contributed by atoms with E-state index in [-0.39, 0.29) is 0 Å². The molecule has 3 nitrogen and oxygen atoms in total. The van der Waals surface area contributed by atoms with E-state index in [0.29, 0.717) is 12.5 Å². The average Bonchev–Trinajstić information content (AvgIpc) is 2.23. The van der Waals surface area contributed by atoms with E-state index in [1.165, 1.54) is 0 Å². The van der Waals surface area contributed by atoms with E-state index in [1.54, 1.807) is 6.92 Å². The van der Waals surface area contributed by atoms with Gasteiger partial charge in [0.1, 0.15) is 6.54 Å². The molecule has 108 valence electrons. The monoisotopic (exact) mass is 268 g/mol. The molecule has 0 saturated carbocycles. The zero-order valence-electron chi connectivity index (χ0n) is 11.2. The van der Waals surface area contributed by atoms with Crippen molar-refractivity contribution in [1.29, 1.82) is 0 Å². The normalized spacial score (nSPS) is 13.7. The van der Waals surface area contributed by atoms with Crippen LogP contribution in [-0.2, 0) is 4.79 Å². The van der Waals surface area contributed by atoms with Crippen LogP contribution in [0.2, 0.25) is 0 Å². The van der Waals surface area contributed by atoms with Crippen molar-refractivity contribution in [3.05, 3.63) is 0 Å². The molecule has 0 rings (SSSR count). The van der Waals surface area contributed by atoms with Gasteiger partial charge < -0.3 is 10.6 Å². The molecule has 0 radical (unpaired) electrons. The predicted octanol–water partition coefficient (Wildman–Crippen LogP) is 2.47. The second kappa shape index (κ2) is 8.34. The highest BCUT2D eigenvalue weighted by atomic mass is 19.4. The van der Waals surface area contributed by atoms with Gasteiger partial charge >= 0.3 is 6.18 Å². The van der Waals surface area contributed by atoms with Gasteiger partial charge in [-0.2, -0.15) is 13.2 Å². The van der Waals surface area contributed by atoms with Gasteiger partial charge in [0.05, 0.1) is 6.04 Å². The second-order valence-corrected chi connectivity index (χ2v) is 4.90. The van der Waals surface area contributed by atoms with Crippen molar-refractivity contribution >= 4 is 5.91 Å². The van der Waals surface area contributed by atoms with Crippen LogP contribution in [0.5, 0.6) is 0 Å². The second-order valence-electron chi connectivity index (χ2n) is 4.90. The number of amides is 1. The molecule has 1 amide bonds. The number of hydrogen-bond acceptors (Lipinski definition) is 2. The van der Waals surface area contributed by atoms with Crippen molar-refractivity contribution in [3.63, 3.8) is 0 Å². The topological polar surface area (TPSA) is 41.1 Å². The quantitative estimate of drug-likeness (QED) is 0.664. The Morgan fingerprint density at radius 2 is 1.78 bits per heavy atom. The summed E-state index contributed by atoms with van der Waals surface area (Å²) < 4.78 is 35.6. The Kier molecular flexibility index (Phi) is 7.98. The largest absolute Gasteiger partial charge is 0.405 e. The predicted molar refractivity (Wildman–Crippen MR) is 65.2 cm³/mol. The zero-order chi connectivity index (χ0) is 14.2. The highest BCUT2D eigenvalue weighted by Gasteiger charge is 2.28. The number of rotatable bonds is 8. The third-order valence-electron chi connectivity index (χ3n) is 2.52. The van der Waals surface area contributed by atoms with E-state index < -0.39 is 24.7 Å². The van der Waals surface area contributed by atoms with Gasteiger partial charge in [0.15, 0.2) is 0 Å². The van der Waals surface area contributed by atoms with Crippen molar-refractivity contribution in [2.45, 2.75) is 52.3 Å². The third-order valence-corrected chi connectivity index (χ3v) is 2.52. The number of alkyl halides is 3. The minimum Gasteiger partial charge on any atom is -0.346 e. The lowest BCUT2D eigenvalue weighted by molar-refractivity contribution is -0.139. The van der Waals surface area contributed by atoms with Crippen molar-refractivity contribution in [1.82, 2.24) is 10.6 Å². The zero-order valence-corrected chi connectivity index (χ0v) is 11.2. The Morgan fingerprint density at radius 1 is 1.17 bits per heavy atom. The molecule has 0 aliphatic rings. The number of nitrogens with one attached hydrogen (secondary N) is 2. The van der Waals surface area contributed by atoms with Crippen LogP contribution in [0.4, 0.5) is 13.2 Å². The van der Waals surface area contributed by atoms with E-state index in [9.17, 15) is 18.0 Å². The molecule has 1 atom stereocenters. The maximum absolute atomic E-state index is 11.9. The molecule has 0 aromatic carbocycles. The highest BCUT2D eigenvalue weighted by Crippen LogP contribution is 2.12. The van der Waals surface area contributed by atoms with Crippen LogP contribution in [0.1, 0.15) is 40.0 Å². The molecule has 0 saturated heterocycles. The van der Waals surface area contributed by atoms with E-state index in [2.05, 4.69) is 19.2 Å². The highest BCUT2D eigenvalue weighted by molar-refractivity contribution is 5.81. The molecule has 0 heterocycles. The van der Waals surface area contributed by atoms with Gasteiger partial charge in [-0.05, 0) is 25.8 Å². The minimum atomic E-state index is -4.35. The number of unbranched alkanes of at least 4 members (excludes halogenated alkanes) is 1. The van der Waals surface area contributed by atoms with Crippen molar-refractivity contribution in [3.8, 4) is 0 Å². The van der Waals surface area contributed by atoms with Gasteiger partial charge in [-0.25, -0.2) is 0 Å². The molecule has 1 unspecified atom stereocenters. The van der Waals surface area contributed by atoms with Crippen LogP contribution in [-0.4, -0.2) is 31.2 Å². The number of hydrogen-bond donors (Lipinski definition) is 2. The number of halogens is 3. The van der Waals surface area contributed by atoms with Crippen LogP contribution in [0.25, 0.3) is 0 Å². The number of carbonyl (C=O) groups is 1. The summed E-state index contributed by atoms with van der Waals surface area (Å²) in [5, 5.41) is 4.77. The molecule has 0 aliphatic heterocycles. The summed E-state index contributed by atoms with van der Waals surface area (Å²) in [5.41, 5.74) is 0. The van der Waals surface area contributed by atoms with Crippen LogP contribution in [0, 0.1) is 5.92 Å². The average molecular weight is 268 g/mol. The fourth-order valence-corrected chi connectivity index (χ4v) is 1.43. The summed E-state index contributed by atoms with van der Waals surface area (Å²) in [6.45, 7) is 5.22. The fraction of sp³-hybridized carbons (Fsp3) is 0.917. The smallest absolute Gasteiger partial charge is 0.346 e. The minimum absolute atomic E-state index is 0.591. The Labute approximate surface area is 107 Å². The summed E-state index contributed by atoms with van der Waals surface area (Å²) in [4.78, 5) is 11.3. The molecular formula is C12H23F3N2O. The summed E-state index contributed by atoms with van der Waals surface area (Å²) in [6, 6.07) is -0.591. The van der Waals surface area contributed by atoms with Gasteiger partial charge in [0, 0.05) is 0 Å². The van der Waals surface area contributed by atoms with Gasteiger partial charge in [-0.15, -0.1) is 0 Å². The lowest BCUT2D eigenvalue weighted by Gasteiger charge is -2.15. The van der Waals surface area contributed by atoms with E-state index >= 15 is 0 Å². The Morgan fingerprint density at radius 3 is 2.28 bits per heavy atom. The SMILES string of the molecule is CC(C)CCCCNC(C)C(=O)NCC(F)(F)F. The molecular weight excluding hydrogens is 245 g/mol. The molecule has 0 spiro atoms. The maximum atomic E-state index is 11.9. The van der Waals surface area contributed by atoms with E-state index in [0.717, 1.165) is 19.3 Å². The maximum Gasteiger partial charge on any atom is 0.405 e. The lowest BCUT2D eigenvalue weighted by atomic mass is 10.1. The van der Waals surface area contributed by atoms with Crippen LogP contribution < -0.4 is 10.6 Å². The first kappa shape index (κ1) is 17.2. The van der Waals surface area contributed by atoms with Crippen LogP contribution in [0.15, 0.2) is 0 Å². The van der Waals surface area contributed by atoms with E-state index in [1.807, 2.05) is 5.32 Å². The Bertz CT molecular complexity index is 242. The van der Waals surface area contributed by atoms with Crippen LogP contribution >= 0.6 is 0 Å². The molecule has 2 N–H and O–H groups in total. The summed E-state index contributed by atoms with van der Waals surface area (Å²) in [5.74, 6) is 0.0358. The Balaban J connectivity index is 3.62. The van der Waals surface area contributed by atoms with Gasteiger partial charge in [-0.1, -0.05) is 26.7 Å². The fourth-order valence-electron chi connectivity index (χ4n) is 1.43. The summed E-state index contributed by atoms with van der Waals surface area (Å²) in [6.07, 6.45) is -1.25. The first-order chi connectivity index (χ1) is 8.22. The van der Waals surface area contributed by atoms with Crippen molar-refractivity contribution in [2.24, 2.45) is 5.92 Å². The van der Waals surface area contributed by atoms with Gasteiger partial charge in [0.2, 0.25) is 5.91 Å². The lowest BCUT2D eigenvalue weighted by Crippen LogP contribution is -2.45. The van der Waals surface area contributed by atoms with Crippen molar-refractivity contribution in [2.75, 3.05) is 13.1 Å². The first-order valence-corrected chi connectivity index (χ1v) is 6.30.